The highest BCUT2D eigenvalue weighted by Crippen LogP contribution is 2.04. The molecule has 0 aliphatic heterocycles. The summed E-state index contributed by atoms with van der Waals surface area (Å²) >= 11 is 0. The Labute approximate surface area is 97.7 Å². The van der Waals surface area contributed by atoms with Gasteiger partial charge in [0, 0.05) is 5.56 Å². The largest absolute Gasteiger partial charge is 0.384 e. The Bertz CT molecular complexity index is 599. The van der Waals surface area contributed by atoms with Gasteiger partial charge in [0.05, 0.1) is 6.54 Å². The molecule has 0 saturated carbocycles. The minimum atomic E-state index is -0.228. The molecule has 86 valence electrons. The number of aromatic amines is 1. The summed E-state index contributed by atoms with van der Waals surface area (Å²) in [6.45, 7) is 0.329. The van der Waals surface area contributed by atoms with E-state index in [1.165, 1.54) is 10.9 Å². The summed E-state index contributed by atoms with van der Waals surface area (Å²) in [6, 6.07) is 7.48. The molecule has 1 aromatic carbocycles. The molecule has 0 aliphatic carbocycles. The lowest BCUT2D eigenvalue weighted by Crippen LogP contribution is -2.16. The van der Waals surface area contributed by atoms with Gasteiger partial charge < -0.3 is 5.11 Å². The topological polar surface area (TPSA) is 70.9 Å². The van der Waals surface area contributed by atoms with Crippen LogP contribution in [0.4, 0.5) is 0 Å². The van der Waals surface area contributed by atoms with Crippen molar-refractivity contribution in [3.63, 3.8) is 0 Å². The number of H-pyrrole nitrogens is 1. The van der Waals surface area contributed by atoms with Crippen LogP contribution in [-0.4, -0.2) is 26.5 Å². The predicted octanol–water partition coefficient (Wildman–Crippen LogP) is -0.0365. The second kappa shape index (κ2) is 5.14. The van der Waals surface area contributed by atoms with E-state index in [9.17, 15) is 4.79 Å². The van der Waals surface area contributed by atoms with Crippen LogP contribution < -0.4 is 5.69 Å². The molecule has 5 heteroatoms. The Morgan fingerprint density at radius 1 is 1.35 bits per heavy atom. The average molecular weight is 229 g/mol. The minimum Gasteiger partial charge on any atom is -0.384 e. The quantitative estimate of drug-likeness (QED) is 0.710. The van der Waals surface area contributed by atoms with Crippen molar-refractivity contribution in [2.45, 2.75) is 6.54 Å². The van der Waals surface area contributed by atoms with Crippen molar-refractivity contribution in [1.29, 1.82) is 0 Å². The zero-order chi connectivity index (χ0) is 12.1. The molecule has 1 heterocycles. The normalized spacial score (nSPS) is 9.71. The Kier molecular flexibility index (Phi) is 3.38. The summed E-state index contributed by atoms with van der Waals surface area (Å²) < 4.78 is 1.48. The molecular weight excluding hydrogens is 218 g/mol. The van der Waals surface area contributed by atoms with Crippen LogP contribution in [0, 0.1) is 11.8 Å². The molecule has 0 fully saturated rings. The van der Waals surface area contributed by atoms with E-state index in [0.29, 0.717) is 6.54 Å². The first-order valence-electron chi connectivity index (χ1n) is 5.08. The molecule has 2 aromatic rings. The van der Waals surface area contributed by atoms with E-state index in [4.69, 9.17) is 5.11 Å². The monoisotopic (exact) mass is 229 g/mol. The molecule has 17 heavy (non-hydrogen) atoms. The molecule has 1 aromatic heterocycles. The lowest BCUT2D eigenvalue weighted by atomic mass is 10.1. The third-order valence-corrected chi connectivity index (χ3v) is 2.24. The highest BCUT2D eigenvalue weighted by molar-refractivity contribution is 5.36. The number of hydrogen-bond donors (Lipinski definition) is 2. The van der Waals surface area contributed by atoms with Gasteiger partial charge in [0.1, 0.15) is 12.9 Å². The van der Waals surface area contributed by atoms with Crippen LogP contribution in [0.3, 0.4) is 0 Å². The Balaban J connectivity index is 2.14. The van der Waals surface area contributed by atoms with Crippen molar-refractivity contribution in [1.82, 2.24) is 14.8 Å². The SMILES string of the molecule is O=c1[nH]ncn1Cc1ccc(C#CCO)cc1. The fraction of sp³-hybridized carbons (Fsp3) is 0.167. The molecule has 0 amide bonds. The lowest BCUT2D eigenvalue weighted by molar-refractivity contribution is 0.350. The molecular formula is C12H11N3O2. The number of aliphatic hydroxyl groups excluding tert-OH is 1. The van der Waals surface area contributed by atoms with Crippen LogP contribution in [0.15, 0.2) is 35.4 Å². The minimum absolute atomic E-state index is 0.147. The lowest BCUT2D eigenvalue weighted by Gasteiger charge is -2.00. The van der Waals surface area contributed by atoms with Crippen LogP contribution in [0.25, 0.3) is 0 Å². The highest BCUT2D eigenvalue weighted by atomic mass is 16.2. The number of rotatable bonds is 2. The van der Waals surface area contributed by atoms with Crippen molar-refractivity contribution >= 4 is 0 Å². The van der Waals surface area contributed by atoms with Crippen LogP contribution >= 0.6 is 0 Å². The van der Waals surface area contributed by atoms with E-state index in [-0.39, 0.29) is 12.3 Å². The van der Waals surface area contributed by atoms with E-state index in [1.54, 1.807) is 0 Å². The zero-order valence-corrected chi connectivity index (χ0v) is 9.05. The van der Waals surface area contributed by atoms with E-state index >= 15 is 0 Å². The number of hydrogen-bond acceptors (Lipinski definition) is 3. The molecule has 0 aliphatic rings. The number of nitrogens with one attached hydrogen (secondary N) is 1. The fourth-order valence-corrected chi connectivity index (χ4v) is 1.41. The first kappa shape index (κ1) is 11.2. The second-order valence-electron chi connectivity index (χ2n) is 3.45. The van der Waals surface area contributed by atoms with Gasteiger partial charge in [-0.15, -0.1) is 0 Å². The molecule has 0 saturated heterocycles. The Hall–Kier alpha value is -2.32. The summed E-state index contributed by atoms with van der Waals surface area (Å²) in [6.07, 6.45) is 1.46. The van der Waals surface area contributed by atoms with E-state index < -0.39 is 0 Å². The smallest absolute Gasteiger partial charge is 0.343 e. The molecule has 0 spiro atoms. The summed E-state index contributed by atoms with van der Waals surface area (Å²) in [5.74, 6) is 5.38. The number of nitrogens with zero attached hydrogens (tertiary/aromatic N) is 2. The Morgan fingerprint density at radius 2 is 2.12 bits per heavy atom. The molecule has 2 rings (SSSR count). The van der Waals surface area contributed by atoms with Crippen molar-refractivity contribution in [3.8, 4) is 11.8 Å². The first-order chi connectivity index (χ1) is 8.29. The van der Waals surface area contributed by atoms with Gasteiger partial charge >= 0.3 is 5.69 Å². The second-order valence-corrected chi connectivity index (χ2v) is 3.45. The van der Waals surface area contributed by atoms with Gasteiger partial charge in [0.25, 0.3) is 0 Å². The first-order valence-corrected chi connectivity index (χ1v) is 5.08. The van der Waals surface area contributed by atoms with Crippen molar-refractivity contribution in [2.75, 3.05) is 6.61 Å². The van der Waals surface area contributed by atoms with Crippen molar-refractivity contribution in [2.24, 2.45) is 0 Å². The summed E-state index contributed by atoms with van der Waals surface area (Å²) in [5.41, 5.74) is 1.60. The van der Waals surface area contributed by atoms with Gasteiger partial charge in [0.2, 0.25) is 0 Å². The van der Waals surface area contributed by atoms with Gasteiger partial charge in [-0.3, -0.25) is 4.57 Å². The standard InChI is InChI=1S/C12H11N3O2/c16-7-1-2-10-3-5-11(6-4-10)8-15-9-13-14-12(15)17/h3-6,9,16H,7-8H2,(H,14,17). The van der Waals surface area contributed by atoms with Gasteiger partial charge in [-0.2, -0.15) is 5.10 Å². The Morgan fingerprint density at radius 3 is 2.71 bits per heavy atom. The van der Waals surface area contributed by atoms with Crippen LogP contribution in [0.2, 0.25) is 0 Å². The van der Waals surface area contributed by atoms with Crippen LogP contribution in [-0.2, 0) is 6.54 Å². The van der Waals surface area contributed by atoms with Crippen LogP contribution in [0.5, 0.6) is 0 Å². The number of aliphatic hydroxyl groups is 1. The van der Waals surface area contributed by atoms with Gasteiger partial charge in [-0.25, -0.2) is 9.89 Å². The van der Waals surface area contributed by atoms with Crippen LogP contribution in [0.1, 0.15) is 11.1 Å². The maximum Gasteiger partial charge on any atom is 0.343 e. The molecule has 0 atom stereocenters. The van der Waals surface area contributed by atoms with Gasteiger partial charge in [-0.05, 0) is 17.7 Å². The fourth-order valence-electron chi connectivity index (χ4n) is 1.41. The third kappa shape index (κ3) is 2.83. The summed E-state index contributed by atoms with van der Waals surface area (Å²) in [4.78, 5) is 11.2. The van der Waals surface area contributed by atoms with E-state index in [2.05, 4.69) is 22.0 Å². The summed E-state index contributed by atoms with van der Waals surface area (Å²) in [5, 5.41) is 14.5. The number of aromatic nitrogens is 3. The molecule has 5 nitrogen and oxygen atoms in total. The molecule has 0 unspecified atom stereocenters. The predicted molar refractivity (Wildman–Crippen MR) is 62.4 cm³/mol. The van der Waals surface area contributed by atoms with E-state index in [0.717, 1.165) is 11.1 Å². The molecule has 2 N–H and O–H groups in total. The third-order valence-electron chi connectivity index (χ3n) is 2.24. The highest BCUT2D eigenvalue weighted by Gasteiger charge is 1.98. The number of benzene rings is 1. The molecule has 0 radical (unpaired) electrons. The zero-order valence-electron chi connectivity index (χ0n) is 9.05. The maximum absolute atomic E-state index is 11.2. The van der Waals surface area contributed by atoms with Crippen molar-refractivity contribution < 1.29 is 5.11 Å². The maximum atomic E-state index is 11.2. The van der Waals surface area contributed by atoms with Gasteiger partial charge in [0.15, 0.2) is 0 Å². The van der Waals surface area contributed by atoms with Gasteiger partial charge in [-0.1, -0.05) is 24.0 Å². The van der Waals surface area contributed by atoms with Crippen molar-refractivity contribution in [3.05, 3.63) is 52.2 Å². The molecule has 0 bridgehead atoms. The summed E-state index contributed by atoms with van der Waals surface area (Å²) in [7, 11) is 0. The van der Waals surface area contributed by atoms with E-state index in [1.807, 2.05) is 24.3 Å². The average Bonchev–Trinajstić information content (AvgIpc) is 2.74.